The maximum absolute atomic E-state index is 8.49. The Morgan fingerprint density at radius 2 is 1.80 bits per heavy atom. The van der Waals surface area contributed by atoms with Crippen LogP contribution in [0.3, 0.4) is 0 Å². The van der Waals surface area contributed by atoms with Crippen molar-refractivity contribution in [1.29, 1.82) is 0 Å². The van der Waals surface area contributed by atoms with Crippen LogP contribution in [0.5, 0.6) is 0 Å². The molecule has 1 heterocycles. The van der Waals surface area contributed by atoms with Gasteiger partial charge in [-0.1, -0.05) is 18.2 Å². The molecule has 0 saturated heterocycles. The molecular formula is C8H8ClNO4S. The number of allylic oxidation sites excluding steroid dienone is 6. The van der Waals surface area contributed by atoms with E-state index in [-0.39, 0.29) is 0 Å². The lowest BCUT2D eigenvalue weighted by atomic mass is 10.3. The first-order chi connectivity index (χ1) is 6.97. The first-order valence-electron chi connectivity index (χ1n) is 3.87. The molecular weight excluding hydrogens is 242 g/mol. The lowest BCUT2D eigenvalue weighted by Gasteiger charge is -2.17. The van der Waals surface area contributed by atoms with Crippen LogP contribution in [0.25, 0.3) is 0 Å². The summed E-state index contributed by atoms with van der Waals surface area (Å²) in [6.45, 7) is 0. The van der Waals surface area contributed by atoms with E-state index >= 15 is 0 Å². The Morgan fingerprint density at radius 1 is 1.13 bits per heavy atom. The normalized spacial score (nSPS) is 18.4. The average Bonchev–Trinajstić information content (AvgIpc) is 2.40. The van der Waals surface area contributed by atoms with Gasteiger partial charge in [-0.05, 0) is 17.8 Å². The van der Waals surface area contributed by atoms with Crippen LogP contribution in [0.1, 0.15) is 0 Å². The third kappa shape index (κ3) is 5.73. The summed E-state index contributed by atoms with van der Waals surface area (Å²) in [5, 5.41) is 0. The highest BCUT2D eigenvalue weighted by molar-refractivity contribution is 8.04. The number of hydrogen-bond acceptors (Lipinski definition) is 5. The van der Waals surface area contributed by atoms with Crippen molar-refractivity contribution in [2.75, 3.05) is 5.88 Å². The second kappa shape index (κ2) is 5.45. The van der Waals surface area contributed by atoms with Crippen molar-refractivity contribution < 1.29 is 33.9 Å². The molecule has 0 spiro atoms. The minimum Gasteiger partial charge on any atom is -0.231 e. The summed E-state index contributed by atoms with van der Waals surface area (Å²) in [5.41, 5.74) is 1.26. The quantitative estimate of drug-likeness (QED) is 0.466. The maximum Gasteiger partial charge on any atom is 0.212 e. The van der Waals surface area contributed by atoms with Crippen LogP contribution in [0.15, 0.2) is 35.3 Å². The van der Waals surface area contributed by atoms with Crippen LogP contribution in [0, 0.1) is 10.2 Å². The highest BCUT2D eigenvalue weighted by atomic mass is 35.7. The van der Waals surface area contributed by atoms with Crippen LogP contribution in [0.4, 0.5) is 0 Å². The van der Waals surface area contributed by atoms with Gasteiger partial charge in [-0.25, -0.2) is 23.6 Å². The van der Waals surface area contributed by atoms with Gasteiger partial charge in [-0.2, -0.15) is 0 Å². The first kappa shape index (κ1) is 12.4. The van der Waals surface area contributed by atoms with E-state index in [1.54, 1.807) is 0 Å². The molecule has 0 saturated carbocycles. The number of nitrogens with one attached hydrogen (secondary N) is 1. The van der Waals surface area contributed by atoms with Crippen molar-refractivity contribution in [2.24, 2.45) is 0 Å². The van der Waals surface area contributed by atoms with E-state index in [1.807, 2.05) is 17.8 Å². The van der Waals surface area contributed by atoms with E-state index in [2.05, 4.69) is 29.3 Å². The van der Waals surface area contributed by atoms with E-state index in [1.165, 1.54) is 10.6 Å². The highest BCUT2D eigenvalue weighted by Gasteiger charge is 2.17. The van der Waals surface area contributed by atoms with Crippen molar-refractivity contribution in [1.82, 2.24) is 0 Å². The van der Waals surface area contributed by atoms with Crippen molar-refractivity contribution in [2.45, 2.75) is 0 Å². The zero-order chi connectivity index (χ0) is 11.3. The van der Waals surface area contributed by atoms with Gasteiger partial charge in [-0.15, -0.1) is 10.2 Å². The van der Waals surface area contributed by atoms with Crippen molar-refractivity contribution in [3.63, 3.8) is 0 Å². The van der Waals surface area contributed by atoms with Crippen LogP contribution < -0.4 is 23.6 Å². The Morgan fingerprint density at radius 3 is 2.47 bits per heavy atom. The summed E-state index contributed by atoms with van der Waals surface area (Å²) in [5.74, 6) is 1.01. The minimum absolute atomic E-state index is 1.01. The molecule has 1 aliphatic heterocycles. The van der Waals surface area contributed by atoms with E-state index in [9.17, 15) is 0 Å². The fourth-order valence-electron chi connectivity index (χ4n) is 0.994. The van der Waals surface area contributed by atoms with Crippen LogP contribution in [0.2, 0.25) is 0 Å². The largest absolute Gasteiger partial charge is 0.231 e. The summed E-state index contributed by atoms with van der Waals surface area (Å²) >= 11 is 1.85. The second-order valence-electron chi connectivity index (χ2n) is 2.53. The second-order valence-corrected chi connectivity index (χ2v) is 4.31. The molecule has 82 valence electrons. The first-order valence-corrected chi connectivity index (χ1v) is 6.09. The van der Waals surface area contributed by atoms with E-state index in [0.717, 1.165) is 5.88 Å². The third-order valence-electron chi connectivity index (χ3n) is 1.49. The predicted octanol–water partition coefficient (Wildman–Crippen LogP) is -4.53. The summed E-state index contributed by atoms with van der Waals surface area (Å²) in [6, 6.07) is 0. The maximum atomic E-state index is 8.49. The van der Waals surface area contributed by atoms with Gasteiger partial charge in [0, 0.05) is 6.08 Å². The Kier molecular flexibility index (Phi) is 4.52. The molecule has 5 nitrogen and oxygen atoms in total. The Labute approximate surface area is 92.9 Å². The molecule has 2 rings (SSSR count). The lowest BCUT2D eigenvalue weighted by Crippen LogP contribution is -2.68. The summed E-state index contributed by atoms with van der Waals surface area (Å²) < 4.78 is 34.0. The number of fused-ring (bicyclic) bond motifs is 1. The summed E-state index contributed by atoms with van der Waals surface area (Å²) in [7, 11) is -4.94. The molecule has 0 aromatic rings. The monoisotopic (exact) mass is 249 g/mol. The molecule has 0 radical (unpaired) electrons. The standard InChI is InChI=1S/C8H7NS.ClHO4/c1-2-4-7-8(5-3-1)10-6-9-7;2-1(3,4)5/h1-5H,6H2;(H,2,3,4,5). The number of hydrogen-bond donors (Lipinski definition) is 1. The van der Waals surface area contributed by atoms with Gasteiger partial charge in [0.25, 0.3) is 0 Å². The van der Waals surface area contributed by atoms with Crippen LogP contribution in [-0.2, 0) is 0 Å². The van der Waals surface area contributed by atoms with E-state index in [4.69, 9.17) is 18.6 Å². The predicted molar refractivity (Wildman–Crippen MR) is 44.8 cm³/mol. The van der Waals surface area contributed by atoms with Crippen LogP contribution >= 0.6 is 11.8 Å². The highest BCUT2D eigenvalue weighted by Crippen LogP contribution is 2.18. The molecule has 0 amide bonds. The molecule has 2 aliphatic rings. The van der Waals surface area contributed by atoms with Gasteiger partial charge >= 0.3 is 0 Å². The number of rotatable bonds is 0. The Bertz CT molecular complexity index is 337. The van der Waals surface area contributed by atoms with Gasteiger partial charge in [0.15, 0.2) is 5.88 Å². The van der Waals surface area contributed by atoms with Gasteiger partial charge in [-0.3, -0.25) is 0 Å². The average molecular weight is 250 g/mol. The molecule has 0 aromatic carbocycles. The molecule has 1 aliphatic carbocycles. The lowest BCUT2D eigenvalue weighted by molar-refractivity contribution is -2.00. The molecule has 7 heteroatoms. The molecule has 1 N–H and O–H groups in total. The van der Waals surface area contributed by atoms with Crippen molar-refractivity contribution in [3.8, 4) is 0 Å². The molecule has 0 aromatic heterocycles. The molecule has 0 unspecified atom stereocenters. The Balaban J connectivity index is 0.000000195. The molecule has 0 atom stereocenters. The van der Waals surface area contributed by atoms with Crippen molar-refractivity contribution >= 4 is 17.5 Å². The fourth-order valence-corrected chi connectivity index (χ4v) is 1.85. The molecule has 0 bridgehead atoms. The van der Waals surface area contributed by atoms with Gasteiger partial charge < -0.3 is 0 Å². The zero-order valence-electron chi connectivity index (χ0n) is 7.51. The smallest absolute Gasteiger partial charge is 0.212 e. The fraction of sp³-hybridized carbons (Fsp3) is 0.125. The summed E-state index contributed by atoms with van der Waals surface area (Å²) in [6.07, 6.45) is 10.4. The van der Waals surface area contributed by atoms with Gasteiger partial charge in [0.1, 0.15) is 0 Å². The van der Waals surface area contributed by atoms with Gasteiger partial charge in [0.2, 0.25) is 5.71 Å². The number of halogens is 1. The molecule has 15 heavy (non-hydrogen) atoms. The SMILES string of the molecule is C1=CC=C2SC[NH+]=C2C=C1.[O-][Cl+3]([O-])([O-])[O-]. The minimum atomic E-state index is -4.94. The third-order valence-corrected chi connectivity index (χ3v) is 2.44. The van der Waals surface area contributed by atoms with E-state index in [0.29, 0.717) is 0 Å². The summed E-state index contributed by atoms with van der Waals surface area (Å²) in [4.78, 5) is 4.63. The van der Waals surface area contributed by atoms with Crippen molar-refractivity contribution in [3.05, 3.63) is 35.3 Å². The molecule has 0 fully saturated rings. The van der Waals surface area contributed by atoms with E-state index < -0.39 is 10.2 Å². The van der Waals surface area contributed by atoms with Gasteiger partial charge in [0.05, 0.1) is 4.91 Å². The topological polar surface area (TPSA) is 106 Å². The Hall–Kier alpha value is -0.630. The van der Waals surface area contributed by atoms with Crippen LogP contribution in [-0.4, -0.2) is 11.6 Å². The number of thioether (sulfide) groups is 1. The zero-order valence-corrected chi connectivity index (χ0v) is 9.09.